The Morgan fingerprint density at radius 3 is 1.86 bits per heavy atom. The third-order valence-corrected chi connectivity index (χ3v) is 5.79. The molecule has 0 bridgehead atoms. The first-order chi connectivity index (χ1) is 16.9. The molecule has 9 heteroatoms. The number of aliphatic carboxylic acids is 2. The zero-order chi connectivity index (χ0) is 25.0. The van der Waals surface area contributed by atoms with E-state index in [1.54, 1.807) is 0 Å². The summed E-state index contributed by atoms with van der Waals surface area (Å²) >= 11 is 0. The molecule has 188 valence electrons. The summed E-state index contributed by atoms with van der Waals surface area (Å²) in [7, 11) is 0. The Bertz CT molecular complexity index is 887. The molecule has 0 radical (unpaired) electrons. The van der Waals surface area contributed by atoms with Gasteiger partial charge in [0, 0.05) is 19.5 Å². The van der Waals surface area contributed by atoms with Gasteiger partial charge in [0.05, 0.1) is 25.9 Å². The first kappa shape index (κ1) is 26.3. The van der Waals surface area contributed by atoms with Crippen molar-refractivity contribution in [3.05, 3.63) is 71.8 Å². The fourth-order valence-electron chi connectivity index (χ4n) is 4.01. The molecular weight excluding hydrogens is 454 g/mol. The molecule has 2 saturated heterocycles. The van der Waals surface area contributed by atoms with Crippen LogP contribution < -0.4 is 0 Å². The number of ether oxygens (including phenoxy) is 3. The summed E-state index contributed by atoms with van der Waals surface area (Å²) in [6.07, 6.45) is 2.67. The monoisotopic (exact) mass is 485 g/mol. The standard InChI is InChI=1S/C24H29NO4.C2H2O4/c26-23(28-22-13-16-27-18-22)17-25-14-11-21(12-15-25)29-24(19-7-3-1-4-8-19)20-9-5-2-6-10-20;3-1(4)2(5)6/h1-10,21-22,24H,11-18H2;(H,3,4)(H,5,6). The van der Waals surface area contributed by atoms with Crippen LogP contribution >= 0.6 is 0 Å². The van der Waals surface area contributed by atoms with Crippen LogP contribution in [0.4, 0.5) is 0 Å². The van der Waals surface area contributed by atoms with Gasteiger partial charge < -0.3 is 24.4 Å². The summed E-state index contributed by atoms with van der Waals surface area (Å²) in [5, 5.41) is 14.8. The summed E-state index contributed by atoms with van der Waals surface area (Å²) in [6.45, 7) is 3.26. The largest absolute Gasteiger partial charge is 0.473 e. The highest BCUT2D eigenvalue weighted by Crippen LogP contribution is 2.30. The van der Waals surface area contributed by atoms with Crippen LogP contribution in [0.25, 0.3) is 0 Å². The van der Waals surface area contributed by atoms with E-state index in [0.29, 0.717) is 19.8 Å². The second kappa shape index (κ2) is 13.6. The molecule has 2 N–H and O–H groups in total. The van der Waals surface area contributed by atoms with Gasteiger partial charge in [-0.3, -0.25) is 9.69 Å². The van der Waals surface area contributed by atoms with Crippen LogP contribution in [-0.2, 0) is 28.6 Å². The molecule has 35 heavy (non-hydrogen) atoms. The van der Waals surface area contributed by atoms with Crippen molar-refractivity contribution in [1.82, 2.24) is 4.90 Å². The van der Waals surface area contributed by atoms with Crippen LogP contribution in [0.2, 0.25) is 0 Å². The molecule has 1 unspecified atom stereocenters. The number of hydrogen-bond donors (Lipinski definition) is 2. The minimum atomic E-state index is -1.82. The number of carbonyl (C=O) groups excluding carboxylic acids is 1. The fourth-order valence-corrected chi connectivity index (χ4v) is 4.01. The summed E-state index contributed by atoms with van der Waals surface area (Å²) in [6, 6.07) is 20.8. The molecule has 2 heterocycles. The normalized spacial score (nSPS) is 18.5. The van der Waals surface area contributed by atoms with Gasteiger partial charge in [-0.25, -0.2) is 9.59 Å². The SMILES string of the molecule is O=C(CN1CCC(OC(c2ccccc2)c2ccccc2)CC1)OC1CCOC1.O=C(O)C(=O)O. The number of piperidine rings is 1. The van der Waals surface area contributed by atoms with Gasteiger partial charge in [-0.15, -0.1) is 0 Å². The van der Waals surface area contributed by atoms with Crippen molar-refractivity contribution < 1.29 is 38.8 Å². The second-order valence-electron chi connectivity index (χ2n) is 8.40. The minimum Gasteiger partial charge on any atom is -0.473 e. The molecule has 0 saturated carbocycles. The van der Waals surface area contributed by atoms with Crippen molar-refractivity contribution in [3.63, 3.8) is 0 Å². The fraction of sp³-hybridized carbons (Fsp3) is 0.423. The summed E-state index contributed by atoms with van der Waals surface area (Å²) in [5.41, 5.74) is 2.34. The topological polar surface area (TPSA) is 123 Å². The van der Waals surface area contributed by atoms with E-state index >= 15 is 0 Å². The van der Waals surface area contributed by atoms with Gasteiger partial charge in [0.1, 0.15) is 12.2 Å². The Morgan fingerprint density at radius 1 is 0.857 bits per heavy atom. The van der Waals surface area contributed by atoms with Crippen molar-refractivity contribution in [3.8, 4) is 0 Å². The average Bonchev–Trinajstić information content (AvgIpc) is 3.38. The van der Waals surface area contributed by atoms with E-state index in [9.17, 15) is 4.79 Å². The first-order valence-corrected chi connectivity index (χ1v) is 11.6. The van der Waals surface area contributed by atoms with Crippen molar-refractivity contribution in [2.24, 2.45) is 0 Å². The number of likely N-dealkylation sites (tertiary alicyclic amines) is 1. The molecule has 2 aliphatic rings. The first-order valence-electron chi connectivity index (χ1n) is 11.6. The molecule has 1 atom stereocenters. The molecule has 0 spiro atoms. The van der Waals surface area contributed by atoms with E-state index in [1.165, 1.54) is 11.1 Å². The molecule has 4 rings (SSSR count). The van der Waals surface area contributed by atoms with Gasteiger partial charge in [0.15, 0.2) is 0 Å². The zero-order valence-electron chi connectivity index (χ0n) is 19.5. The maximum atomic E-state index is 12.1. The molecule has 2 aliphatic heterocycles. The van der Waals surface area contributed by atoms with E-state index in [1.807, 2.05) is 12.1 Å². The molecule has 2 aromatic carbocycles. The highest BCUT2D eigenvalue weighted by Gasteiger charge is 2.27. The van der Waals surface area contributed by atoms with Gasteiger partial charge in [-0.05, 0) is 24.0 Å². The molecule has 9 nitrogen and oxygen atoms in total. The van der Waals surface area contributed by atoms with Gasteiger partial charge in [-0.2, -0.15) is 0 Å². The summed E-state index contributed by atoms with van der Waals surface area (Å²) in [5.74, 6) is -3.80. The number of carboxylic acids is 2. The van der Waals surface area contributed by atoms with Crippen LogP contribution in [0.5, 0.6) is 0 Å². The smallest absolute Gasteiger partial charge is 0.414 e. The van der Waals surface area contributed by atoms with Gasteiger partial charge in [0.25, 0.3) is 0 Å². The number of rotatable bonds is 7. The lowest BCUT2D eigenvalue weighted by Crippen LogP contribution is -2.41. The highest BCUT2D eigenvalue weighted by atomic mass is 16.6. The van der Waals surface area contributed by atoms with Gasteiger partial charge in [-0.1, -0.05) is 60.7 Å². The van der Waals surface area contributed by atoms with Crippen molar-refractivity contribution in [1.29, 1.82) is 0 Å². The van der Waals surface area contributed by atoms with E-state index < -0.39 is 11.9 Å². The third-order valence-electron chi connectivity index (χ3n) is 5.79. The Kier molecular flexibility index (Phi) is 10.2. The predicted octanol–water partition coefficient (Wildman–Crippen LogP) is 2.74. The van der Waals surface area contributed by atoms with E-state index in [-0.39, 0.29) is 24.3 Å². The van der Waals surface area contributed by atoms with Crippen LogP contribution in [-0.4, -0.2) is 78.1 Å². The maximum absolute atomic E-state index is 12.1. The number of nitrogens with zero attached hydrogens (tertiary/aromatic N) is 1. The zero-order valence-corrected chi connectivity index (χ0v) is 19.5. The van der Waals surface area contributed by atoms with Crippen LogP contribution in [0.3, 0.4) is 0 Å². The van der Waals surface area contributed by atoms with Crippen molar-refractivity contribution in [2.75, 3.05) is 32.8 Å². The molecule has 0 aromatic heterocycles. The minimum absolute atomic E-state index is 0.0683. The van der Waals surface area contributed by atoms with Crippen LogP contribution in [0, 0.1) is 0 Å². The van der Waals surface area contributed by atoms with E-state index in [4.69, 9.17) is 34.0 Å². The molecule has 2 fully saturated rings. The van der Waals surface area contributed by atoms with Crippen LogP contribution in [0.15, 0.2) is 60.7 Å². The Balaban J connectivity index is 0.000000509. The van der Waals surface area contributed by atoms with E-state index in [2.05, 4.69) is 53.4 Å². The van der Waals surface area contributed by atoms with Crippen molar-refractivity contribution in [2.45, 2.75) is 37.6 Å². The third kappa shape index (κ3) is 8.79. The lowest BCUT2D eigenvalue weighted by atomic mass is 10.00. The van der Waals surface area contributed by atoms with Crippen molar-refractivity contribution >= 4 is 17.9 Å². The summed E-state index contributed by atoms with van der Waals surface area (Å²) in [4.78, 5) is 32.5. The average molecular weight is 486 g/mol. The maximum Gasteiger partial charge on any atom is 0.414 e. The number of carboxylic acid groups (broad SMARTS) is 2. The lowest BCUT2D eigenvalue weighted by molar-refractivity contribution is -0.159. The van der Waals surface area contributed by atoms with Gasteiger partial charge >= 0.3 is 17.9 Å². The Morgan fingerprint density at radius 2 is 1.40 bits per heavy atom. The highest BCUT2D eigenvalue weighted by molar-refractivity contribution is 6.27. The molecule has 0 amide bonds. The second-order valence-corrected chi connectivity index (χ2v) is 8.40. The van der Waals surface area contributed by atoms with Crippen LogP contribution in [0.1, 0.15) is 36.5 Å². The lowest BCUT2D eigenvalue weighted by Gasteiger charge is -2.33. The number of hydrogen-bond acceptors (Lipinski definition) is 7. The quantitative estimate of drug-likeness (QED) is 0.450. The summed E-state index contributed by atoms with van der Waals surface area (Å²) < 4.78 is 17.3. The van der Waals surface area contributed by atoms with E-state index in [0.717, 1.165) is 32.4 Å². The number of esters is 1. The Hall–Kier alpha value is -3.27. The molecule has 0 aliphatic carbocycles. The molecular formula is C26H31NO8. The Labute approximate surface area is 204 Å². The predicted molar refractivity (Wildman–Crippen MR) is 126 cm³/mol. The molecule has 2 aromatic rings. The number of carbonyl (C=O) groups is 3. The number of benzene rings is 2. The van der Waals surface area contributed by atoms with Gasteiger partial charge in [0.2, 0.25) is 0 Å².